The summed E-state index contributed by atoms with van der Waals surface area (Å²) >= 11 is 0. The molecule has 3 aromatic rings. The molecule has 0 aliphatic carbocycles. The smallest absolute Gasteiger partial charge is 0.327 e. The highest BCUT2D eigenvalue weighted by Crippen LogP contribution is 2.19. The Labute approximate surface area is 183 Å². The monoisotopic (exact) mass is 419 g/mol. The normalized spacial score (nSPS) is 15.5. The van der Waals surface area contributed by atoms with Crippen LogP contribution in [0.15, 0.2) is 79.1 Å². The van der Waals surface area contributed by atoms with Crippen molar-refractivity contribution in [2.45, 2.75) is 12.5 Å². The zero-order valence-corrected chi connectivity index (χ0v) is 17.6. The van der Waals surface area contributed by atoms with E-state index in [4.69, 9.17) is 4.74 Å². The van der Waals surface area contributed by atoms with Crippen molar-refractivity contribution in [3.63, 3.8) is 0 Å². The predicted molar refractivity (Wildman–Crippen MR) is 122 cm³/mol. The molecule has 2 heterocycles. The van der Waals surface area contributed by atoms with Crippen molar-refractivity contribution in [1.29, 1.82) is 0 Å². The average Bonchev–Trinajstić information content (AvgIpc) is 3.34. The molecule has 0 saturated carbocycles. The van der Waals surface area contributed by atoms with Gasteiger partial charge in [0, 0.05) is 57.2 Å². The molecule has 1 atom stereocenters. The van der Waals surface area contributed by atoms with Gasteiger partial charge in [-0.1, -0.05) is 30.3 Å². The average molecular weight is 420 g/mol. The van der Waals surface area contributed by atoms with E-state index < -0.39 is 12.0 Å². The summed E-state index contributed by atoms with van der Waals surface area (Å²) in [5.74, 6) is -0.0107. The SMILES string of the molecule is O=C(O)C(Cc1ccc(OCCN2CCN(c3ccccc3)CC2)cc1)n1cccc1. The molecule has 1 saturated heterocycles. The van der Waals surface area contributed by atoms with Gasteiger partial charge >= 0.3 is 5.97 Å². The van der Waals surface area contributed by atoms with Crippen LogP contribution in [0, 0.1) is 0 Å². The van der Waals surface area contributed by atoms with Crippen molar-refractivity contribution in [1.82, 2.24) is 9.47 Å². The van der Waals surface area contributed by atoms with Crippen molar-refractivity contribution >= 4 is 11.7 Å². The minimum absolute atomic E-state index is 0.440. The third-order valence-electron chi connectivity index (χ3n) is 5.79. The minimum Gasteiger partial charge on any atom is -0.492 e. The van der Waals surface area contributed by atoms with Gasteiger partial charge in [-0.25, -0.2) is 4.79 Å². The van der Waals surface area contributed by atoms with Gasteiger partial charge in [0.25, 0.3) is 0 Å². The lowest BCUT2D eigenvalue weighted by Crippen LogP contribution is -2.47. The Morgan fingerprint density at radius 2 is 1.58 bits per heavy atom. The molecule has 1 fully saturated rings. The van der Waals surface area contributed by atoms with Gasteiger partial charge in [-0.3, -0.25) is 4.90 Å². The van der Waals surface area contributed by atoms with Gasteiger partial charge < -0.3 is 19.3 Å². The summed E-state index contributed by atoms with van der Waals surface area (Å²) in [6.07, 6.45) is 4.02. The summed E-state index contributed by atoms with van der Waals surface area (Å²) in [6.45, 7) is 5.68. The van der Waals surface area contributed by atoms with Crippen molar-refractivity contribution in [3.05, 3.63) is 84.7 Å². The fourth-order valence-electron chi connectivity index (χ4n) is 3.98. The molecule has 1 aliphatic rings. The van der Waals surface area contributed by atoms with Crippen LogP contribution in [0.4, 0.5) is 5.69 Å². The Hall–Kier alpha value is -3.25. The molecular weight excluding hydrogens is 390 g/mol. The highest BCUT2D eigenvalue weighted by molar-refractivity contribution is 5.72. The maximum absolute atomic E-state index is 11.6. The molecule has 0 amide bonds. The lowest BCUT2D eigenvalue weighted by atomic mass is 10.1. The van der Waals surface area contributed by atoms with E-state index in [1.54, 1.807) is 17.0 Å². The summed E-state index contributed by atoms with van der Waals surface area (Å²) in [5, 5.41) is 9.53. The Balaban J connectivity index is 1.21. The second-order valence-electron chi connectivity index (χ2n) is 7.85. The molecule has 0 radical (unpaired) electrons. The van der Waals surface area contributed by atoms with E-state index in [0.29, 0.717) is 13.0 Å². The van der Waals surface area contributed by atoms with Crippen LogP contribution in [0.5, 0.6) is 5.75 Å². The number of aromatic nitrogens is 1. The van der Waals surface area contributed by atoms with Crippen LogP contribution in [0.3, 0.4) is 0 Å². The summed E-state index contributed by atoms with van der Waals surface area (Å²) in [5.41, 5.74) is 2.27. The number of nitrogens with zero attached hydrogens (tertiary/aromatic N) is 3. The van der Waals surface area contributed by atoms with Crippen LogP contribution in [0.1, 0.15) is 11.6 Å². The third-order valence-corrected chi connectivity index (χ3v) is 5.79. The topological polar surface area (TPSA) is 57.9 Å². The van der Waals surface area contributed by atoms with Crippen LogP contribution in [-0.4, -0.2) is 59.9 Å². The quantitative estimate of drug-likeness (QED) is 0.575. The first-order chi connectivity index (χ1) is 15.2. The number of aliphatic carboxylic acids is 1. The maximum Gasteiger partial charge on any atom is 0.327 e. The highest BCUT2D eigenvalue weighted by atomic mass is 16.5. The standard InChI is InChI=1S/C25H29N3O3/c29-25(30)24(28-12-4-5-13-28)20-21-8-10-23(11-9-21)31-19-18-26-14-16-27(17-15-26)22-6-2-1-3-7-22/h1-13,24H,14-20H2,(H,29,30). The minimum atomic E-state index is -0.830. The number of rotatable bonds is 9. The Morgan fingerprint density at radius 1 is 0.903 bits per heavy atom. The van der Waals surface area contributed by atoms with E-state index in [-0.39, 0.29) is 0 Å². The number of carboxylic acid groups (broad SMARTS) is 1. The summed E-state index contributed by atoms with van der Waals surface area (Å²) in [4.78, 5) is 16.5. The molecule has 6 nitrogen and oxygen atoms in total. The van der Waals surface area contributed by atoms with Gasteiger partial charge in [-0.05, 0) is 42.0 Å². The van der Waals surface area contributed by atoms with E-state index in [2.05, 4.69) is 40.1 Å². The summed E-state index contributed by atoms with van der Waals surface area (Å²) in [6, 6.07) is 21.4. The molecule has 4 rings (SSSR count). The van der Waals surface area contributed by atoms with Gasteiger partial charge in [-0.15, -0.1) is 0 Å². The molecule has 0 bridgehead atoms. The second kappa shape index (κ2) is 10.2. The van der Waals surface area contributed by atoms with Crippen LogP contribution in [0.25, 0.3) is 0 Å². The molecular formula is C25H29N3O3. The molecule has 1 aliphatic heterocycles. The fourth-order valence-corrected chi connectivity index (χ4v) is 3.98. The molecule has 1 aromatic heterocycles. The van der Waals surface area contributed by atoms with E-state index >= 15 is 0 Å². The Morgan fingerprint density at radius 3 is 2.23 bits per heavy atom. The maximum atomic E-state index is 11.6. The van der Waals surface area contributed by atoms with Crippen LogP contribution >= 0.6 is 0 Å². The van der Waals surface area contributed by atoms with Gasteiger partial charge in [-0.2, -0.15) is 0 Å². The Bertz CT molecular complexity index is 934. The molecule has 162 valence electrons. The molecule has 1 unspecified atom stereocenters. The number of piperazine rings is 1. The fraction of sp³-hybridized carbons (Fsp3) is 0.320. The third kappa shape index (κ3) is 5.67. The summed E-state index contributed by atoms with van der Waals surface area (Å²) in [7, 11) is 0. The van der Waals surface area contributed by atoms with Crippen LogP contribution < -0.4 is 9.64 Å². The van der Waals surface area contributed by atoms with Gasteiger partial charge in [0.2, 0.25) is 0 Å². The molecule has 31 heavy (non-hydrogen) atoms. The molecule has 2 aromatic carbocycles. The first kappa shape index (κ1) is 21.0. The van der Waals surface area contributed by atoms with E-state index in [0.717, 1.165) is 44.0 Å². The molecule has 6 heteroatoms. The number of hydrogen-bond donors (Lipinski definition) is 1. The second-order valence-corrected chi connectivity index (χ2v) is 7.85. The van der Waals surface area contributed by atoms with Gasteiger partial charge in [0.05, 0.1) is 0 Å². The van der Waals surface area contributed by atoms with Crippen LogP contribution in [0.2, 0.25) is 0 Å². The highest BCUT2D eigenvalue weighted by Gasteiger charge is 2.19. The number of benzene rings is 2. The van der Waals surface area contributed by atoms with Gasteiger partial charge in [0.15, 0.2) is 0 Å². The number of ether oxygens (including phenoxy) is 1. The zero-order valence-electron chi connectivity index (χ0n) is 17.6. The summed E-state index contributed by atoms with van der Waals surface area (Å²) < 4.78 is 7.65. The molecule has 1 N–H and O–H groups in total. The number of para-hydroxylation sites is 1. The zero-order chi connectivity index (χ0) is 21.5. The van der Waals surface area contributed by atoms with E-state index in [9.17, 15) is 9.90 Å². The largest absolute Gasteiger partial charge is 0.492 e. The van der Waals surface area contributed by atoms with Gasteiger partial charge in [0.1, 0.15) is 18.4 Å². The lowest BCUT2D eigenvalue weighted by molar-refractivity contribution is -0.140. The first-order valence-corrected chi connectivity index (χ1v) is 10.8. The Kier molecular flexibility index (Phi) is 6.89. The number of carbonyl (C=O) groups is 1. The predicted octanol–water partition coefficient (Wildman–Crippen LogP) is 3.56. The lowest BCUT2D eigenvalue weighted by Gasteiger charge is -2.36. The first-order valence-electron chi connectivity index (χ1n) is 10.8. The molecule has 0 spiro atoms. The van der Waals surface area contributed by atoms with Crippen LogP contribution in [-0.2, 0) is 11.2 Å². The van der Waals surface area contributed by atoms with Crippen molar-refractivity contribution in [3.8, 4) is 5.75 Å². The number of carboxylic acids is 1. The van der Waals surface area contributed by atoms with E-state index in [1.807, 2.05) is 36.4 Å². The van der Waals surface area contributed by atoms with E-state index in [1.165, 1.54) is 5.69 Å². The van der Waals surface area contributed by atoms with Crippen molar-refractivity contribution in [2.24, 2.45) is 0 Å². The van der Waals surface area contributed by atoms with Crippen molar-refractivity contribution < 1.29 is 14.6 Å². The number of anilines is 1. The van der Waals surface area contributed by atoms with Crippen molar-refractivity contribution in [2.75, 3.05) is 44.2 Å². The number of hydrogen-bond acceptors (Lipinski definition) is 4.